The van der Waals surface area contributed by atoms with Crippen LogP contribution in [-0.2, 0) is 20.9 Å². The zero-order chi connectivity index (χ0) is 24.8. The van der Waals surface area contributed by atoms with E-state index in [0.29, 0.717) is 43.1 Å². The molecule has 1 saturated heterocycles. The number of aryl methyl sites for hydroxylation is 1. The Morgan fingerprint density at radius 2 is 1.74 bits per heavy atom. The fourth-order valence-electron chi connectivity index (χ4n) is 4.18. The number of pyridine rings is 1. The summed E-state index contributed by atoms with van der Waals surface area (Å²) in [6.45, 7) is 3.24. The number of hydrogen-bond acceptors (Lipinski definition) is 6. The van der Waals surface area contributed by atoms with E-state index < -0.39 is 17.7 Å². The first kappa shape index (κ1) is 24.2. The van der Waals surface area contributed by atoms with Crippen LogP contribution in [0, 0.1) is 6.92 Å². The first-order valence-electron chi connectivity index (χ1n) is 11.5. The second-order valence-electron chi connectivity index (χ2n) is 8.36. The van der Waals surface area contributed by atoms with Crippen molar-refractivity contribution < 1.29 is 24.2 Å². The number of nitrogens with zero attached hydrogens (tertiary/aromatic N) is 2. The summed E-state index contributed by atoms with van der Waals surface area (Å²) in [6, 6.07) is 17.6. The number of ketones is 1. The lowest BCUT2D eigenvalue weighted by Gasteiger charge is -2.25. The zero-order valence-electron chi connectivity index (χ0n) is 19.8. The van der Waals surface area contributed by atoms with E-state index in [9.17, 15) is 14.7 Å². The second kappa shape index (κ2) is 11.0. The van der Waals surface area contributed by atoms with Gasteiger partial charge in [0.25, 0.3) is 11.7 Å². The van der Waals surface area contributed by atoms with Crippen LogP contribution in [0.5, 0.6) is 5.75 Å². The van der Waals surface area contributed by atoms with E-state index in [2.05, 4.69) is 4.98 Å². The summed E-state index contributed by atoms with van der Waals surface area (Å²) in [4.78, 5) is 31.4. The molecule has 0 aliphatic carbocycles. The second-order valence-corrected chi connectivity index (χ2v) is 8.36. The Hall–Kier alpha value is -3.97. The van der Waals surface area contributed by atoms with E-state index in [0.717, 1.165) is 11.1 Å². The highest BCUT2D eigenvalue weighted by atomic mass is 16.5. The standard InChI is InChI=1S/C28H28N2O5/c1-19-6-3-4-7-22(19)18-35-23-10-8-21(9-11-23)26(31)24-25(20-12-14-29-15-13-20)30(16-5-17-34-2)28(33)27(24)32/h3-4,6-15,25,31H,5,16-18H2,1-2H3/t25-/m1/s1. The Balaban J connectivity index is 1.62. The topological polar surface area (TPSA) is 89.0 Å². The lowest BCUT2D eigenvalue weighted by Crippen LogP contribution is -2.31. The van der Waals surface area contributed by atoms with Crippen molar-refractivity contribution in [1.29, 1.82) is 0 Å². The number of methoxy groups -OCH3 is 1. The molecule has 180 valence electrons. The van der Waals surface area contributed by atoms with Crippen LogP contribution >= 0.6 is 0 Å². The predicted octanol–water partition coefficient (Wildman–Crippen LogP) is 4.43. The van der Waals surface area contributed by atoms with Gasteiger partial charge in [-0.25, -0.2) is 0 Å². The van der Waals surface area contributed by atoms with Crippen molar-refractivity contribution in [3.05, 3.63) is 101 Å². The van der Waals surface area contributed by atoms with Gasteiger partial charge in [-0.1, -0.05) is 24.3 Å². The number of amides is 1. The molecule has 2 aromatic carbocycles. The normalized spacial score (nSPS) is 17.1. The Bertz CT molecular complexity index is 1220. The molecule has 1 N–H and O–H groups in total. The van der Waals surface area contributed by atoms with Crippen LogP contribution in [0.1, 0.15) is 34.7 Å². The smallest absolute Gasteiger partial charge is 0.295 e. The van der Waals surface area contributed by atoms with Crippen LogP contribution in [0.15, 0.2) is 78.6 Å². The van der Waals surface area contributed by atoms with Crippen LogP contribution < -0.4 is 4.74 Å². The summed E-state index contributed by atoms with van der Waals surface area (Å²) in [5.41, 5.74) is 3.43. The van der Waals surface area contributed by atoms with Gasteiger partial charge in [-0.3, -0.25) is 14.6 Å². The minimum atomic E-state index is -0.707. The Labute approximate surface area is 204 Å². The maximum Gasteiger partial charge on any atom is 0.295 e. The number of carbonyl (C=O) groups is 2. The lowest BCUT2D eigenvalue weighted by molar-refractivity contribution is -0.140. The Morgan fingerprint density at radius 1 is 1.03 bits per heavy atom. The summed E-state index contributed by atoms with van der Waals surface area (Å²) < 4.78 is 11.0. The molecule has 1 aliphatic rings. The number of ether oxygens (including phenoxy) is 2. The molecule has 1 atom stereocenters. The SMILES string of the molecule is COCCCN1C(=O)C(=O)C(=C(O)c2ccc(OCc3ccccc3C)cc2)[C@H]1c1ccncc1. The number of carbonyl (C=O) groups excluding carboxylic acids is 2. The molecule has 0 bridgehead atoms. The number of hydrogen-bond donors (Lipinski definition) is 1. The van der Waals surface area contributed by atoms with Gasteiger partial charge in [0.1, 0.15) is 18.1 Å². The summed E-state index contributed by atoms with van der Waals surface area (Å²) in [5.74, 6) is -0.926. The molecule has 1 amide bonds. The minimum Gasteiger partial charge on any atom is -0.507 e. The van der Waals surface area contributed by atoms with Crippen molar-refractivity contribution >= 4 is 17.4 Å². The van der Waals surface area contributed by atoms with Gasteiger partial charge >= 0.3 is 0 Å². The Morgan fingerprint density at radius 3 is 2.43 bits per heavy atom. The van der Waals surface area contributed by atoms with E-state index in [1.807, 2.05) is 31.2 Å². The molecule has 0 unspecified atom stereocenters. The molecule has 3 aromatic rings. The van der Waals surface area contributed by atoms with Crippen molar-refractivity contribution in [1.82, 2.24) is 9.88 Å². The van der Waals surface area contributed by atoms with E-state index in [1.54, 1.807) is 55.9 Å². The molecule has 4 rings (SSSR count). The molecule has 1 aliphatic heterocycles. The van der Waals surface area contributed by atoms with Crippen molar-refractivity contribution in [2.24, 2.45) is 0 Å². The number of Topliss-reactive ketones (excluding diaryl/α,β-unsaturated/α-hetero) is 1. The number of aromatic nitrogens is 1. The predicted molar refractivity (Wildman–Crippen MR) is 132 cm³/mol. The molecular formula is C28H28N2O5. The molecular weight excluding hydrogens is 444 g/mol. The van der Waals surface area contributed by atoms with E-state index in [1.165, 1.54) is 4.90 Å². The summed E-state index contributed by atoms with van der Waals surface area (Å²) >= 11 is 0. The maximum absolute atomic E-state index is 13.0. The molecule has 7 heteroatoms. The highest BCUT2D eigenvalue weighted by molar-refractivity contribution is 6.46. The van der Waals surface area contributed by atoms with Crippen molar-refractivity contribution in [2.75, 3.05) is 20.3 Å². The quantitative estimate of drug-likeness (QED) is 0.215. The number of likely N-dealkylation sites (tertiary alicyclic amines) is 1. The third kappa shape index (κ3) is 5.25. The minimum absolute atomic E-state index is 0.0622. The highest BCUT2D eigenvalue weighted by Gasteiger charge is 2.45. The number of benzene rings is 2. The van der Waals surface area contributed by atoms with Crippen molar-refractivity contribution in [2.45, 2.75) is 26.0 Å². The average Bonchev–Trinajstić information content (AvgIpc) is 3.14. The molecule has 1 aromatic heterocycles. The maximum atomic E-state index is 13.0. The molecule has 1 fully saturated rings. The summed E-state index contributed by atoms with van der Waals surface area (Å²) in [7, 11) is 1.59. The molecule has 2 heterocycles. The third-order valence-electron chi connectivity index (χ3n) is 6.09. The van der Waals surface area contributed by atoms with E-state index in [4.69, 9.17) is 9.47 Å². The molecule has 0 saturated carbocycles. The van der Waals surface area contributed by atoms with Crippen LogP contribution in [0.3, 0.4) is 0 Å². The van der Waals surface area contributed by atoms with Crippen molar-refractivity contribution in [3.8, 4) is 5.75 Å². The van der Waals surface area contributed by atoms with Gasteiger partial charge in [-0.05, 0) is 66.4 Å². The molecule has 35 heavy (non-hydrogen) atoms. The van der Waals surface area contributed by atoms with Gasteiger partial charge in [0, 0.05) is 38.2 Å². The van der Waals surface area contributed by atoms with Crippen LogP contribution in [-0.4, -0.2) is 46.9 Å². The summed E-state index contributed by atoms with van der Waals surface area (Å²) in [6.07, 6.45) is 3.77. The highest BCUT2D eigenvalue weighted by Crippen LogP contribution is 2.39. The van der Waals surface area contributed by atoms with Crippen LogP contribution in [0.25, 0.3) is 5.76 Å². The van der Waals surface area contributed by atoms with Gasteiger partial charge in [0.15, 0.2) is 0 Å². The molecule has 7 nitrogen and oxygen atoms in total. The van der Waals surface area contributed by atoms with Gasteiger partial charge in [-0.2, -0.15) is 0 Å². The fraction of sp³-hybridized carbons (Fsp3) is 0.250. The van der Waals surface area contributed by atoms with E-state index >= 15 is 0 Å². The third-order valence-corrected chi connectivity index (χ3v) is 6.09. The van der Waals surface area contributed by atoms with Crippen LogP contribution in [0.2, 0.25) is 0 Å². The van der Waals surface area contributed by atoms with E-state index in [-0.39, 0.29) is 11.3 Å². The fourth-order valence-corrected chi connectivity index (χ4v) is 4.18. The summed E-state index contributed by atoms with van der Waals surface area (Å²) in [5, 5.41) is 11.2. The first-order chi connectivity index (χ1) is 17.0. The molecule has 0 spiro atoms. The average molecular weight is 473 g/mol. The molecule has 0 radical (unpaired) electrons. The van der Waals surface area contributed by atoms with Gasteiger partial charge < -0.3 is 19.5 Å². The van der Waals surface area contributed by atoms with Gasteiger partial charge in [-0.15, -0.1) is 0 Å². The lowest BCUT2D eigenvalue weighted by atomic mass is 9.96. The zero-order valence-corrected chi connectivity index (χ0v) is 19.8. The monoisotopic (exact) mass is 472 g/mol. The first-order valence-corrected chi connectivity index (χ1v) is 11.5. The Kier molecular flexibility index (Phi) is 7.57. The van der Waals surface area contributed by atoms with Gasteiger partial charge in [0.05, 0.1) is 11.6 Å². The number of rotatable bonds is 9. The number of aliphatic hydroxyl groups is 1. The van der Waals surface area contributed by atoms with Crippen molar-refractivity contribution in [3.63, 3.8) is 0 Å². The van der Waals surface area contributed by atoms with Gasteiger partial charge in [0.2, 0.25) is 0 Å². The number of aliphatic hydroxyl groups excluding tert-OH is 1. The van der Waals surface area contributed by atoms with Crippen LogP contribution in [0.4, 0.5) is 0 Å². The largest absolute Gasteiger partial charge is 0.507 e.